The van der Waals surface area contributed by atoms with Gasteiger partial charge in [0.15, 0.2) is 0 Å². The fourth-order valence-corrected chi connectivity index (χ4v) is 2.90. The van der Waals surface area contributed by atoms with Crippen LogP contribution < -0.4 is 5.32 Å². The summed E-state index contributed by atoms with van der Waals surface area (Å²) in [7, 11) is 0. The highest BCUT2D eigenvalue weighted by Gasteiger charge is 2.20. The molecular formula is C13H21N3S. The highest BCUT2D eigenvalue weighted by Crippen LogP contribution is 2.34. The van der Waals surface area contributed by atoms with E-state index in [1.165, 1.54) is 11.3 Å². The van der Waals surface area contributed by atoms with Gasteiger partial charge in [-0.1, -0.05) is 20.8 Å². The molecule has 94 valence electrons. The molecule has 17 heavy (non-hydrogen) atoms. The number of hydrogen-bond acceptors (Lipinski definition) is 4. The molecule has 1 aliphatic rings. The lowest BCUT2D eigenvalue weighted by Crippen LogP contribution is -2.11. The lowest BCUT2D eigenvalue weighted by molar-refractivity contribution is 0.673. The van der Waals surface area contributed by atoms with Crippen molar-refractivity contribution in [3.8, 4) is 0 Å². The van der Waals surface area contributed by atoms with Gasteiger partial charge in [0.2, 0.25) is 0 Å². The Balaban J connectivity index is 2.31. The van der Waals surface area contributed by atoms with Crippen molar-refractivity contribution < 1.29 is 0 Å². The van der Waals surface area contributed by atoms with Gasteiger partial charge in [0.05, 0.1) is 5.69 Å². The van der Waals surface area contributed by atoms with Crippen LogP contribution in [0.3, 0.4) is 0 Å². The Morgan fingerprint density at radius 1 is 1.29 bits per heavy atom. The number of aromatic nitrogens is 2. The molecule has 0 saturated carbocycles. The van der Waals surface area contributed by atoms with Crippen molar-refractivity contribution in [2.24, 2.45) is 0 Å². The molecule has 1 N–H and O–H groups in total. The first kappa shape index (κ1) is 12.7. The summed E-state index contributed by atoms with van der Waals surface area (Å²) >= 11 is 1.94. The van der Waals surface area contributed by atoms with Gasteiger partial charge in [-0.3, -0.25) is 0 Å². The van der Waals surface area contributed by atoms with Gasteiger partial charge in [-0.05, 0) is 12.8 Å². The second-order valence-corrected chi connectivity index (χ2v) is 5.57. The Morgan fingerprint density at radius 2 is 2.12 bits per heavy atom. The van der Waals surface area contributed by atoms with Gasteiger partial charge >= 0.3 is 0 Å². The van der Waals surface area contributed by atoms with Crippen LogP contribution in [-0.2, 0) is 11.5 Å². The molecule has 1 aliphatic heterocycles. The summed E-state index contributed by atoms with van der Waals surface area (Å²) in [4.78, 5) is 9.44. The number of nitrogens with one attached hydrogen (secondary N) is 1. The molecule has 1 atom stereocenters. The lowest BCUT2D eigenvalue weighted by atomic mass is 10.1. The van der Waals surface area contributed by atoms with Crippen LogP contribution in [0, 0.1) is 0 Å². The molecule has 0 aromatic carbocycles. The zero-order chi connectivity index (χ0) is 12.3. The number of thioether (sulfide) groups is 1. The molecule has 3 nitrogen and oxygen atoms in total. The van der Waals surface area contributed by atoms with E-state index in [-0.39, 0.29) is 0 Å². The highest BCUT2D eigenvalue weighted by molar-refractivity contribution is 7.98. The van der Waals surface area contributed by atoms with Gasteiger partial charge < -0.3 is 5.32 Å². The molecule has 2 rings (SSSR count). The molecule has 0 radical (unpaired) electrons. The van der Waals surface area contributed by atoms with E-state index in [0.29, 0.717) is 5.92 Å². The lowest BCUT2D eigenvalue weighted by Gasteiger charge is -2.14. The van der Waals surface area contributed by atoms with Crippen LogP contribution >= 0.6 is 11.8 Å². The van der Waals surface area contributed by atoms with E-state index < -0.39 is 0 Å². The maximum atomic E-state index is 4.72. The Kier molecular flexibility index (Phi) is 4.26. The van der Waals surface area contributed by atoms with Gasteiger partial charge in [0, 0.05) is 29.5 Å². The predicted octanol–water partition coefficient (Wildman–Crippen LogP) is 3.56. The minimum Gasteiger partial charge on any atom is -0.370 e. The van der Waals surface area contributed by atoms with Gasteiger partial charge in [-0.2, -0.15) is 11.8 Å². The van der Waals surface area contributed by atoms with E-state index in [1.807, 2.05) is 11.8 Å². The zero-order valence-corrected chi connectivity index (χ0v) is 11.7. The number of nitrogens with zero attached hydrogens (tertiary/aromatic N) is 2. The average molecular weight is 251 g/mol. The highest BCUT2D eigenvalue weighted by atomic mass is 32.2. The van der Waals surface area contributed by atoms with E-state index in [1.54, 1.807) is 0 Å². The van der Waals surface area contributed by atoms with Crippen LogP contribution in [0.5, 0.6) is 0 Å². The topological polar surface area (TPSA) is 37.8 Å². The van der Waals surface area contributed by atoms with Gasteiger partial charge in [-0.15, -0.1) is 0 Å². The first-order valence-electron chi connectivity index (χ1n) is 6.47. The monoisotopic (exact) mass is 251 g/mol. The standard InChI is InChI=1S/C13H21N3S/c1-4-6-14-13-10-7-17-8-11(10)15-12(16-13)9(3)5-2/h9H,4-8H2,1-3H3,(H,14,15,16). The minimum atomic E-state index is 0.452. The van der Waals surface area contributed by atoms with E-state index in [0.717, 1.165) is 42.5 Å². The van der Waals surface area contributed by atoms with Crippen LogP contribution in [0.15, 0.2) is 0 Å². The molecule has 0 saturated heterocycles. The Morgan fingerprint density at radius 3 is 2.82 bits per heavy atom. The molecule has 0 fully saturated rings. The van der Waals surface area contributed by atoms with Crippen molar-refractivity contribution in [3.05, 3.63) is 17.1 Å². The zero-order valence-electron chi connectivity index (χ0n) is 10.9. The molecular weight excluding hydrogens is 230 g/mol. The molecule has 4 heteroatoms. The summed E-state index contributed by atoms with van der Waals surface area (Å²) in [5.74, 6) is 4.64. The largest absolute Gasteiger partial charge is 0.370 e. The Hall–Kier alpha value is -0.770. The van der Waals surface area contributed by atoms with Crippen molar-refractivity contribution in [2.75, 3.05) is 11.9 Å². The summed E-state index contributed by atoms with van der Waals surface area (Å²) in [6, 6.07) is 0. The number of anilines is 1. The van der Waals surface area contributed by atoms with E-state index in [9.17, 15) is 0 Å². The SMILES string of the molecule is CCCNc1nc(C(C)CC)nc2c1CSC2. The quantitative estimate of drug-likeness (QED) is 0.868. The third-order valence-corrected chi connectivity index (χ3v) is 4.16. The van der Waals surface area contributed by atoms with Crippen LogP contribution in [0.1, 0.15) is 56.6 Å². The summed E-state index contributed by atoms with van der Waals surface area (Å²) in [5.41, 5.74) is 2.58. The fraction of sp³-hybridized carbons (Fsp3) is 0.692. The van der Waals surface area contributed by atoms with Crippen molar-refractivity contribution in [1.29, 1.82) is 0 Å². The molecule has 0 aliphatic carbocycles. The van der Waals surface area contributed by atoms with Gasteiger partial charge in [0.1, 0.15) is 11.6 Å². The first-order valence-corrected chi connectivity index (χ1v) is 7.63. The minimum absolute atomic E-state index is 0.452. The smallest absolute Gasteiger partial charge is 0.134 e. The fourth-order valence-electron chi connectivity index (χ4n) is 1.86. The molecule has 1 aromatic rings. The van der Waals surface area contributed by atoms with E-state index in [2.05, 4.69) is 26.1 Å². The average Bonchev–Trinajstić information content (AvgIpc) is 2.82. The summed E-state index contributed by atoms with van der Waals surface area (Å²) in [5, 5.41) is 3.45. The van der Waals surface area contributed by atoms with Crippen molar-refractivity contribution in [2.45, 2.75) is 51.0 Å². The molecule has 0 amide bonds. The second-order valence-electron chi connectivity index (χ2n) is 4.58. The molecule has 1 unspecified atom stereocenters. The first-order chi connectivity index (χ1) is 8.26. The third kappa shape index (κ3) is 2.73. The third-order valence-electron chi connectivity index (χ3n) is 3.19. The van der Waals surface area contributed by atoms with Crippen LogP contribution in [0.2, 0.25) is 0 Å². The van der Waals surface area contributed by atoms with Gasteiger partial charge in [-0.25, -0.2) is 9.97 Å². The van der Waals surface area contributed by atoms with Crippen molar-refractivity contribution in [3.63, 3.8) is 0 Å². The summed E-state index contributed by atoms with van der Waals surface area (Å²) in [6.45, 7) is 7.56. The van der Waals surface area contributed by atoms with Crippen LogP contribution in [-0.4, -0.2) is 16.5 Å². The number of fused-ring (bicyclic) bond motifs is 1. The molecule has 2 heterocycles. The summed E-state index contributed by atoms with van der Waals surface area (Å²) < 4.78 is 0. The number of rotatable bonds is 5. The van der Waals surface area contributed by atoms with Crippen molar-refractivity contribution in [1.82, 2.24) is 9.97 Å². The predicted molar refractivity (Wildman–Crippen MR) is 74.5 cm³/mol. The maximum absolute atomic E-state index is 4.72. The Labute approximate surface area is 108 Å². The molecule has 1 aromatic heterocycles. The molecule has 0 spiro atoms. The van der Waals surface area contributed by atoms with E-state index in [4.69, 9.17) is 9.97 Å². The second kappa shape index (κ2) is 5.71. The van der Waals surface area contributed by atoms with Crippen LogP contribution in [0.4, 0.5) is 5.82 Å². The van der Waals surface area contributed by atoms with Gasteiger partial charge in [0.25, 0.3) is 0 Å². The van der Waals surface area contributed by atoms with Crippen LogP contribution in [0.25, 0.3) is 0 Å². The normalized spacial score (nSPS) is 15.7. The molecule has 0 bridgehead atoms. The van der Waals surface area contributed by atoms with Crippen molar-refractivity contribution >= 4 is 17.6 Å². The maximum Gasteiger partial charge on any atom is 0.134 e. The summed E-state index contributed by atoms with van der Waals surface area (Å²) in [6.07, 6.45) is 2.23. The number of hydrogen-bond donors (Lipinski definition) is 1. The Bertz CT molecular complexity index is 392. The van der Waals surface area contributed by atoms with E-state index >= 15 is 0 Å².